The molecule has 3 rings (SSSR count). The summed E-state index contributed by atoms with van der Waals surface area (Å²) < 4.78 is 5.01. The third kappa shape index (κ3) is 3.70. The van der Waals surface area contributed by atoms with E-state index < -0.39 is 5.60 Å². The van der Waals surface area contributed by atoms with Crippen LogP contribution < -0.4 is 10.2 Å². The number of aryl methyl sites for hydroxylation is 1. The Labute approximate surface area is 139 Å². The van der Waals surface area contributed by atoms with Crippen LogP contribution in [0.3, 0.4) is 0 Å². The maximum atomic E-state index is 12.1. The van der Waals surface area contributed by atoms with E-state index in [0.717, 1.165) is 24.5 Å². The average molecular weight is 331 g/mol. The van der Waals surface area contributed by atoms with E-state index in [1.54, 1.807) is 24.7 Å². The van der Waals surface area contributed by atoms with E-state index in [1.165, 1.54) is 0 Å². The predicted octanol–water partition coefficient (Wildman–Crippen LogP) is 0.788. The van der Waals surface area contributed by atoms with Crippen LogP contribution in [0.4, 0.5) is 5.82 Å². The molecule has 0 unspecified atom stereocenters. The molecule has 0 saturated carbocycles. The first kappa shape index (κ1) is 16.4. The fourth-order valence-corrected chi connectivity index (χ4v) is 2.82. The smallest absolute Gasteiger partial charge is 0.290 e. The van der Waals surface area contributed by atoms with Crippen molar-refractivity contribution in [2.75, 3.05) is 24.5 Å². The van der Waals surface area contributed by atoms with Gasteiger partial charge in [-0.3, -0.25) is 9.78 Å². The van der Waals surface area contributed by atoms with Crippen LogP contribution in [-0.4, -0.2) is 51.4 Å². The number of β-amino-alcohol motifs (C(OH)–C–C–N with tert-alkyl or cyclic N) is 1. The number of amides is 1. The second-order valence-electron chi connectivity index (χ2n) is 6.03. The molecule has 2 aromatic rings. The van der Waals surface area contributed by atoms with Gasteiger partial charge in [-0.05, 0) is 19.3 Å². The summed E-state index contributed by atoms with van der Waals surface area (Å²) in [4.78, 5) is 22.4. The van der Waals surface area contributed by atoms with Crippen molar-refractivity contribution in [2.45, 2.75) is 31.8 Å². The minimum Gasteiger partial charge on any atom is -0.386 e. The topological polar surface area (TPSA) is 104 Å². The number of anilines is 1. The van der Waals surface area contributed by atoms with Gasteiger partial charge in [0.2, 0.25) is 5.76 Å². The summed E-state index contributed by atoms with van der Waals surface area (Å²) >= 11 is 0. The Morgan fingerprint density at radius 3 is 3.08 bits per heavy atom. The molecule has 2 N–H and O–H groups in total. The van der Waals surface area contributed by atoms with E-state index in [0.29, 0.717) is 19.4 Å². The lowest BCUT2D eigenvalue weighted by Gasteiger charge is -2.39. The number of aliphatic hydroxyl groups is 1. The number of carbonyl (C=O) groups excluding carboxylic acids is 1. The number of nitrogens with zero attached hydrogens (tertiary/aromatic N) is 4. The maximum absolute atomic E-state index is 12.1. The number of aromatic nitrogens is 3. The Bertz CT molecular complexity index is 690. The third-order valence-corrected chi connectivity index (χ3v) is 4.15. The van der Waals surface area contributed by atoms with Gasteiger partial charge in [-0.25, -0.2) is 4.98 Å². The SMILES string of the molecule is CCc1cc(C(=O)NC[C@]2(O)CCCN(c3cnccn3)C2)on1. The molecule has 24 heavy (non-hydrogen) atoms. The molecule has 1 aliphatic rings. The molecule has 3 heterocycles. The zero-order chi connectivity index (χ0) is 17.0. The molecule has 1 aliphatic heterocycles. The summed E-state index contributed by atoms with van der Waals surface area (Å²) in [5, 5.41) is 17.3. The van der Waals surface area contributed by atoms with Gasteiger partial charge in [0.15, 0.2) is 0 Å². The Morgan fingerprint density at radius 1 is 1.50 bits per heavy atom. The predicted molar refractivity (Wildman–Crippen MR) is 86.6 cm³/mol. The maximum Gasteiger partial charge on any atom is 0.290 e. The molecule has 0 bridgehead atoms. The van der Waals surface area contributed by atoms with Crippen LogP contribution in [0.1, 0.15) is 36.0 Å². The highest BCUT2D eigenvalue weighted by atomic mass is 16.5. The van der Waals surface area contributed by atoms with Crippen LogP contribution in [-0.2, 0) is 6.42 Å². The number of hydrogen-bond donors (Lipinski definition) is 2. The van der Waals surface area contributed by atoms with E-state index in [2.05, 4.69) is 20.4 Å². The van der Waals surface area contributed by atoms with Gasteiger partial charge in [0, 0.05) is 38.1 Å². The lowest BCUT2D eigenvalue weighted by molar-refractivity contribution is 0.0250. The number of rotatable bonds is 5. The zero-order valence-electron chi connectivity index (χ0n) is 13.6. The molecule has 0 aliphatic carbocycles. The molecule has 128 valence electrons. The normalized spacial score (nSPS) is 20.8. The van der Waals surface area contributed by atoms with Gasteiger partial charge in [-0.2, -0.15) is 0 Å². The van der Waals surface area contributed by atoms with E-state index in [9.17, 15) is 9.90 Å². The number of piperidine rings is 1. The van der Waals surface area contributed by atoms with Gasteiger partial charge in [-0.15, -0.1) is 0 Å². The van der Waals surface area contributed by atoms with Crippen molar-refractivity contribution >= 4 is 11.7 Å². The highest BCUT2D eigenvalue weighted by Crippen LogP contribution is 2.24. The number of nitrogens with one attached hydrogen (secondary N) is 1. The molecule has 0 radical (unpaired) electrons. The largest absolute Gasteiger partial charge is 0.386 e. The van der Waals surface area contributed by atoms with Gasteiger partial charge in [0.05, 0.1) is 17.5 Å². The van der Waals surface area contributed by atoms with Crippen LogP contribution >= 0.6 is 0 Å². The summed E-state index contributed by atoms with van der Waals surface area (Å²) in [6.07, 6.45) is 7.03. The van der Waals surface area contributed by atoms with Crippen molar-refractivity contribution in [3.05, 3.63) is 36.1 Å². The molecular formula is C16H21N5O3. The van der Waals surface area contributed by atoms with E-state index >= 15 is 0 Å². The molecule has 8 heteroatoms. The third-order valence-electron chi connectivity index (χ3n) is 4.15. The fraction of sp³-hybridized carbons (Fsp3) is 0.500. The zero-order valence-corrected chi connectivity index (χ0v) is 13.6. The van der Waals surface area contributed by atoms with Gasteiger partial charge < -0.3 is 19.8 Å². The lowest BCUT2D eigenvalue weighted by Crippen LogP contribution is -2.54. The van der Waals surface area contributed by atoms with Crippen molar-refractivity contribution in [1.82, 2.24) is 20.4 Å². The second-order valence-corrected chi connectivity index (χ2v) is 6.03. The summed E-state index contributed by atoms with van der Waals surface area (Å²) in [5.74, 6) is 0.522. The first-order valence-corrected chi connectivity index (χ1v) is 8.07. The molecule has 2 aromatic heterocycles. The molecular weight excluding hydrogens is 310 g/mol. The number of carbonyl (C=O) groups is 1. The highest BCUT2D eigenvalue weighted by molar-refractivity contribution is 5.91. The quantitative estimate of drug-likeness (QED) is 0.834. The minimum absolute atomic E-state index is 0.144. The molecule has 0 spiro atoms. The average Bonchev–Trinajstić information content (AvgIpc) is 3.10. The Kier molecular flexibility index (Phi) is 4.75. The molecule has 8 nitrogen and oxygen atoms in total. The molecule has 1 fully saturated rings. The molecule has 0 aromatic carbocycles. The summed E-state index contributed by atoms with van der Waals surface area (Å²) in [6.45, 7) is 3.27. The number of hydrogen-bond acceptors (Lipinski definition) is 7. The van der Waals surface area contributed by atoms with Crippen molar-refractivity contribution in [3.8, 4) is 0 Å². The van der Waals surface area contributed by atoms with Gasteiger partial charge >= 0.3 is 0 Å². The first-order chi connectivity index (χ1) is 11.6. The monoisotopic (exact) mass is 331 g/mol. The second kappa shape index (κ2) is 6.96. The van der Waals surface area contributed by atoms with Crippen molar-refractivity contribution in [1.29, 1.82) is 0 Å². The summed E-state index contributed by atoms with van der Waals surface area (Å²) in [7, 11) is 0. The standard InChI is InChI=1S/C16H21N5O3/c1-2-12-8-13(24-20-12)15(22)19-10-16(23)4-3-7-21(11-16)14-9-17-5-6-18-14/h5-6,8-9,23H,2-4,7,10-11H2,1H3,(H,19,22)/t16-/m1/s1. The van der Waals surface area contributed by atoms with Crippen molar-refractivity contribution in [3.63, 3.8) is 0 Å². The van der Waals surface area contributed by atoms with Crippen LogP contribution in [0.15, 0.2) is 29.2 Å². The van der Waals surface area contributed by atoms with Crippen LogP contribution in [0.5, 0.6) is 0 Å². The van der Waals surface area contributed by atoms with E-state index in [4.69, 9.17) is 4.52 Å². The van der Waals surface area contributed by atoms with Crippen LogP contribution in [0.25, 0.3) is 0 Å². The minimum atomic E-state index is -1.01. The van der Waals surface area contributed by atoms with Crippen LogP contribution in [0.2, 0.25) is 0 Å². The van der Waals surface area contributed by atoms with Crippen molar-refractivity contribution < 1.29 is 14.4 Å². The van der Waals surface area contributed by atoms with Crippen LogP contribution in [0, 0.1) is 0 Å². The van der Waals surface area contributed by atoms with Gasteiger partial charge in [-0.1, -0.05) is 12.1 Å². The Balaban J connectivity index is 1.60. The highest BCUT2D eigenvalue weighted by Gasteiger charge is 2.34. The van der Waals surface area contributed by atoms with Crippen molar-refractivity contribution in [2.24, 2.45) is 0 Å². The first-order valence-electron chi connectivity index (χ1n) is 8.07. The summed E-state index contributed by atoms with van der Waals surface area (Å²) in [6, 6.07) is 1.62. The fourth-order valence-electron chi connectivity index (χ4n) is 2.82. The molecule has 1 saturated heterocycles. The molecule has 1 amide bonds. The lowest BCUT2D eigenvalue weighted by atomic mass is 9.92. The van der Waals surface area contributed by atoms with E-state index in [-0.39, 0.29) is 18.2 Å². The Hall–Kier alpha value is -2.48. The Morgan fingerprint density at radius 2 is 2.38 bits per heavy atom. The van der Waals surface area contributed by atoms with Gasteiger partial charge in [0.1, 0.15) is 5.82 Å². The molecule has 1 atom stereocenters. The van der Waals surface area contributed by atoms with Gasteiger partial charge in [0.25, 0.3) is 5.91 Å². The summed E-state index contributed by atoms with van der Waals surface area (Å²) in [5.41, 5.74) is -0.288. The van der Waals surface area contributed by atoms with E-state index in [1.807, 2.05) is 11.8 Å².